The minimum absolute atomic E-state index is 0.0592. The number of epoxide rings is 1. The van der Waals surface area contributed by atoms with E-state index in [-0.39, 0.29) is 17.9 Å². The summed E-state index contributed by atoms with van der Waals surface area (Å²) in [6.07, 6.45) is 0.0720. The van der Waals surface area contributed by atoms with Gasteiger partial charge in [-0.2, -0.15) is 0 Å². The second-order valence-electron chi connectivity index (χ2n) is 7.75. The highest BCUT2D eigenvalue weighted by atomic mass is 16.7. The van der Waals surface area contributed by atoms with Crippen LogP contribution in [0.3, 0.4) is 0 Å². The first-order valence-electron chi connectivity index (χ1n) is 8.14. The summed E-state index contributed by atoms with van der Waals surface area (Å²) in [4.78, 5) is 23.7. The second-order valence-corrected chi connectivity index (χ2v) is 7.75. The van der Waals surface area contributed by atoms with Crippen LogP contribution in [0.15, 0.2) is 12.2 Å². The van der Waals surface area contributed by atoms with Crippen molar-refractivity contribution in [2.24, 2.45) is 17.8 Å². The molecule has 4 aliphatic rings. The van der Waals surface area contributed by atoms with Crippen molar-refractivity contribution >= 4 is 11.9 Å². The first kappa shape index (κ1) is 15.1. The third kappa shape index (κ3) is 1.88. The third-order valence-corrected chi connectivity index (χ3v) is 6.31. The van der Waals surface area contributed by atoms with Crippen molar-refractivity contribution in [2.75, 3.05) is 0 Å². The van der Waals surface area contributed by atoms with Gasteiger partial charge in [0.1, 0.15) is 18.3 Å². The van der Waals surface area contributed by atoms with Crippen molar-refractivity contribution in [1.82, 2.24) is 0 Å². The maximum atomic E-state index is 12.0. The van der Waals surface area contributed by atoms with Crippen LogP contribution in [0.4, 0.5) is 0 Å². The molecule has 2 aliphatic heterocycles. The number of carbonyl (C=O) groups is 2. The summed E-state index contributed by atoms with van der Waals surface area (Å²) < 4.78 is 17.1. The zero-order valence-electron chi connectivity index (χ0n) is 13.6. The number of fused-ring (bicyclic) bond motifs is 5. The van der Waals surface area contributed by atoms with Crippen LogP contribution in [0, 0.1) is 17.8 Å². The Morgan fingerprint density at radius 1 is 1.43 bits per heavy atom. The number of esters is 2. The average molecular weight is 322 g/mol. The molecule has 1 N–H and O–H groups in total. The molecule has 0 spiro atoms. The molecule has 4 fully saturated rings. The molecule has 8 atom stereocenters. The van der Waals surface area contributed by atoms with E-state index in [0.29, 0.717) is 12.0 Å². The molecule has 0 radical (unpaired) electrons. The Labute approximate surface area is 134 Å². The van der Waals surface area contributed by atoms with E-state index in [4.69, 9.17) is 14.2 Å². The Bertz CT molecular complexity index is 610. The van der Waals surface area contributed by atoms with Gasteiger partial charge in [0.15, 0.2) is 0 Å². The van der Waals surface area contributed by atoms with Crippen LogP contribution < -0.4 is 0 Å². The Balaban J connectivity index is 1.83. The van der Waals surface area contributed by atoms with Gasteiger partial charge in [-0.15, -0.1) is 0 Å². The van der Waals surface area contributed by atoms with Crippen molar-refractivity contribution in [2.45, 2.75) is 63.1 Å². The van der Waals surface area contributed by atoms with Gasteiger partial charge in [-0.1, -0.05) is 6.58 Å². The lowest BCUT2D eigenvalue weighted by Crippen LogP contribution is -2.48. The van der Waals surface area contributed by atoms with Crippen molar-refractivity contribution in [3.05, 3.63) is 12.2 Å². The summed E-state index contributed by atoms with van der Waals surface area (Å²) in [5.41, 5.74) is -1.12. The number of hydrogen-bond acceptors (Lipinski definition) is 6. The van der Waals surface area contributed by atoms with Crippen LogP contribution in [0.2, 0.25) is 0 Å². The van der Waals surface area contributed by atoms with Crippen molar-refractivity contribution in [1.29, 1.82) is 0 Å². The van der Waals surface area contributed by atoms with Gasteiger partial charge in [-0.3, -0.25) is 4.79 Å². The van der Waals surface area contributed by atoms with Crippen LogP contribution in [-0.2, 0) is 23.8 Å². The van der Waals surface area contributed by atoms with E-state index in [2.05, 4.69) is 6.58 Å². The summed E-state index contributed by atoms with van der Waals surface area (Å²) in [5, 5.41) is 10.9. The second kappa shape index (κ2) is 4.36. The molecule has 0 bridgehead atoms. The van der Waals surface area contributed by atoms with Crippen LogP contribution in [0.25, 0.3) is 0 Å². The first-order valence-corrected chi connectivity index (χ1v) is 8.14. The molecule has 0 aromatic rings. The molecule has 126 valence electrons. The molecule has 0 aromatic carbocycles. The van der Waals surface area contributed by atoms with Gasteiger partial charge in [0, 0.05) is 18.4 Å². The van der Waals surface area contributed by atoms with Crippen LogP contribution in [0.5, 0.6) is 0 Å². The zero-order chi connectivity index (χ0) is 16.7. The molecule has 6 nitrogen and oxygen atoms in total. The van der Waals surface area contributed by atoms with Gasteiger partial charge in [0.05, 0.1) is 17.1 Å². The first-order chi connectivity index (χ1) is 10.7. The Morgan fingerprint density at radius 3 is 2.78 bits per heavy atom. The molecular weight excluding hydrogens is 300 g/mol. The van der Waals surface area contributed by atoms with Crippen molar-refractivity contribution in [3.63, 3.8) is 0 Å². The number of carbonyl (C=O) groups excluding carboxylic acids is 2. The molecule has 23 heavy (non-hydrogen) atoms. The molecule has 2 saturated heterocycles. The normalized spacial score (nSPS) is 53.7. The van der Waals surface area contributed by atoms with E-state index in [1.165, 1.54) is 6.92 Å². The number of rotatable bonds is 1. The van der Waals surface area contributed by atoms with Crippen LogP contribution in [-0.4, -0.2) is 46.6 Å². The fourth-order valence-corrected chi connectivity index (χ4v) is 5.19. The molecule has 4 rings (SSSR count). The summed E-state index contributed by atoms with van der Waals surface area (Å²) in [6, 6.07) is 0. The van der Waals surface area contributed by atoms with E-state index in [0.717, 1.165) is 6.42 Å². The van der Waals surface area contributed by atoms with E-state index in [1.54, 1.807) is 6.92 Å². The number of hydrogen-bond donors (Lipinski definition) is 1. The van der Waals surface area contributed by atoms with Gasteiger partial charge in [-0.25, -0.2) is 4.79 Å². The zero-order valence-corrected chi connectivity index (χ0v) is 13.6. The minimum Gasteiger partial charge on any atom is -0.461 e. The SMILES string of the molecule is C=C1C(=O)OC2C1C(OC(C)=O)C1C(CCC1(C)O)C1(C)OC21. The standard InChI is InChI=1S/C17H22O6/c1-7-10-12(21-8(2)18)11-9(5-6-16(11,3)20)17(4)14(23-17)13(10)22-15(7)19/h9-14,20H,1,5-6H2,2-4H3. The lowest BCUT2D eigenvalue weighted by molar-refractivity contribution is -0.163. The van der Waals surface area contributed by atoms with Crippen molar-refractivity contribution in [3.8, 4) is 0 Å². The van der Waals surface area contributed by atoms with E-state index in [1.807, 2.05) is 6.92 Å². The maximum Gasteiger partial charge on any atom is 0.334 e. The molecule has 6 heteroatoms. The van der Waals surface area contributed by atoms with Gasteiger partial charge < -0.3 is 19.3 Å². The Hall–Kier alpha value is -1.40. The monoisotopic (exact) mass is 322 g/mol. The molecule has 2 saturated carbocycles. The molecule has 0 amide bonds. The quantitative estimate of drug-likeness (QED) is 0.440. The fourth-order valence-electron chi connectivity index (χ4n) is 5.19. The average Bonchev–Trinajstić information content (AvgIpc) is 2.90. The van der Waals surface area contributed by atoms with E-state index in [9.17, 15) is 14.7 Å². The van der Waals surface area contributed by atoms with Gasteiger partial charge in [0.25, 0.3) is 0 Å². The summed E-state index contributed by atoms with van der Waals surface area (Å²) in [5.74, 6) is -1.60. The number of aliphatic hydroxyl groups is 1. The number of ether oxygens (including phenoxy) is 3. The predicted molar refractivity (Wildman–Crippen MR) is 78.2 cm³/mol. The minimum atomic E-state index is -0.981. The topological polar surface area (TPSA) is 85.4 Å². The highest BCUT2D eigenvalue weighted by Gasteiger charge is 2.74. The lowest BCUT2D eigenvalue weighted by Gasteiger charge is -2.38. The van der Waals surface area contributed by atoms with E-state index < -0.39 is 41.3 Å². The highest BCUT2D eigenvalue weighted by molar-refractivity contribution is 5.91. The summed E-state index contributed by atoms with van der Waals surface area (Å²) in [6.45, 7) is 8.97. The summed E-state index contributed by atoms with van der Waals surface area (Å²) in [7, 11) is 0. The summed E-state index contributed by atoms with van der Waals surface area (Å²) >= 11 is 0. The van der Waals surface area contributed by atoms with Gasteiger partial charge in [-0.05, 0) is 32.6 Å². The molecule has 2 aliphatic carbocycles. The maximum absolute atomic E-state index is 12.0. The van der Waals surface area contributed by atoms with Gasteiger partial charge >= 0.3 is 11.9 Å². The van der Waals surface area contributed by atoms with Crippen LogP contribution in [0.1, 0.15) is 33.6 Å². The molecule has 8 unspecified atom stereocenters. The fraction of sp³-hybridized carbons (Fsp3) is 0.765. The molecular formula is C17H22O6. The molecule has 2 heterocycles. The highest BCUT2D eigenvalue weighted by Crippen LogP contribution is 2.63. The predicted octanol–water partition coefficient (Wildman–Crippen LogP) is 0.964. The van der Waals surface area contributed by atoms with E-state index >= 15 is 0 Å². The van der Waals surface area contributed by atoms with Gasteiger partial charge in [0.2, 0.25) is 0 Å². The Kier molecular flexibility index (Phi) is 2.87. The lowest BCUT2D eigenvalue weighted by atomic mass is 9.74. The molecule has 0 aromatic heterocycles. The Morgan fingerprint density at radius 2 is 2.13 bits per heavy atom. The third-order valence-electron chi connectivity index (χ3n) is 6.31. The van der Waals surface area contributed by atoms with Crippen LogP contribution >= 0.6 is 0 Å². The van der Waals surface area contributed by atoms with Crippen molar-refractivity contribution < 1.29 is 28.9 Å². The smallest absolute Gasteiger partial charge is 0.334 e. The largest absolute Gasteiger partial charge is 0.461 e.